The fraction of sp³-hybridized carbons (Fsp3) is 0.400. The molecule has 5 nitrogen and oxygen atoms in total. The van der Waals surface area contributed by atoms with Crippen LogP contribution in [0.2, 0.25) is 5.02 Å². The Hall–Kier alpha value is -1.40. The predicted octanol–water partition coefficient (Wildman–Crippen LogP) is 2.54. The molecule has 0 saturated heterocycles. The Morgan fingerprint density at radius 3 is 2.76 bits per heavy atom. The Labute approximate surface area is 103 Å². The molecule has 1 aromatic carbocycles. The molecular formula is C10H13ClFN3O2. The summed E-state index contributed by atoms with van der Waals surface area (Å²) >= 11 is 5.50. The summed E-state index contributed by atoms with van der Waals surface area (Å²) in [5.41, 5.74) is 5.30. The van der Waals surface area contributed by atoms with E-state index in [-0.39, 0.29) is 22.4 Å². The number of halogens is 2. The maximum absolute atomic E-state index is 13.3. The molecule has 1 unspecified atom stereocenters. The van der Waals surface area contributed by atoms with Crippen molar-refractivity contribution in [3.8, 4) is 0 Å². The third-order valence-electron chi connectivity index (χ3n) is 2.37. The molecule has 3 N–H and O–H groups in total. The Morgan fingerprint density at radius 1 is 1.65 bits per heavy atom. The zero-order chi connectivity index (χ0) is 13.0. The minimum absolute atomic E-state index is 0.0919. The molecule has 0 bridgehead atoms. The lowest BCUT2D eigenvalue weighted by Crippen LogP contribution is -2.28. The van der Waals surface area contributed by atoms with E-state index in [0.717, 1.165) is 12.1 Å². The summed E-state index contributed by atoms with van der Waals surface area (Å²) in [5, 5.41) is 13.4. The highest BCUT2D eigenvalue weighted by atomic mass is 35.5. The molecule has 0 heterocycles. The number of anilines is 1. The van der Waals surface area contributed by atoms with E-state index in [1.165, 1.54) is 0 Å². The van der Waals surface area contributed by atoms with Gasteiger partial charge in [0.15, 0.2) is 0 Å². The summed E-state index contributed by atoms with van der Waals surface area (Å²) in [6.07, 6.45) is 0.678. The van der Waals surface area contributed by atoms with Crippen LogP contribution in [0.4, 0.5) is 15.8 Å². The number of rotatable bonds is 5. The highest BCUT2D eigenvalue weighted by Gasteiger charge is 2.19. The van der Waals surface area contributed by atoms with Gasteiger partial charge >= 0.3 is 0 Å². The number of nitro groups is 1. The van der Waals surface area contributed by atoms with Crippen LogP contribution in [0.15, 0.2) is 12.1 Å². The Balaban J connectivity index is 3.12. The van der Waals surface area contributed by atoms with Crippen molar-refractivity contribution in [3.05, 3.63) is 33.1 Å². The second-order valence-electron chi connectivity index (χ2n) is 3.53. The molecule has 0 aliphatic carbocycles. The number of nitro benzene ring substituents is 1. The molecule has 94 valence electrons. The second-order valence-corrected chi connectivity index (χ2v) is 3.93. The monoisotopic (exact) mass is 261 g/mol. The number of nitrogens with zero attached hydrogens (tertiary/aromatic N) is 1. The number of nitrogens with one attached hydrogen (secondary N) is 1. The lowest BCUT2D eigenvalue weighted by molar-refractivity contribution is -0.384. The first-order chi connectivity index (χ1) is 7.99. The van der Waals surface area contributed by atoms with Crippen LogP contribution >= 0.6 is 11.6 Å². The van der Waals surface area contributed by atoms with Crippen LogP contribution in [0.5, 0.6) is 0 Å². The smallest absolute Gasteiger partial charge is 0.294 e. The number of nitrogens with two attached hydrogens (primary N) is 1. The normalized spacial score (nSPS) is 12.2. The minimum Gasteiger partial charge on any atom is -0.375 e. The van der Waals surface area contributed by atoms with E-state index in [1.54, 1.807) is 0 Å². The van der Waals surface area contributed by atoms with Gasteiger partial charge in [0.05, 0.1) is 9.95 Å². The van der Waals surface area contributed by atoms with Crippen molar-refractivity contribution >= 4 is 23.0 Å². The summed E-state index contributed by atoms with van der Waals surface area (Å²) in [6.45, 7) is 2.18. The van der Waals surface area contributed by atoms with E-state index < -0.39 is 10.7 Å². The van der Waals surface area contributed by atoms with Gasteiger partial charge in [-0.25, -0.2) is 4.39 Å². The van der Waals surface area contributed by atoms with E-state index in [0.29, 0.717) is 13.0 Å². The van der Waals surface area contributed by atoms with Crippen molar-refractivity contribution in [1.82, 2.24) is 0 Å². The van der Waals surface area contributed by atoms with Crippen LogP contribution in [-0.4, -0.2) is 17.5 Å². The fourth-order valence-corrected chi connectivity index (χ4v) is 1.51. The van der Waals surface area contributed by atoms with Gasteiger partial charge in [0.25, 0.3) is 5.69 Å². The molecule has 17 heavy (non-hydrogen) atoms. The average Bonchev–Trinajstić information content (AvgIpc) is 2.29. The SMILES string of the molecule is CCC(CN)Nc1cc(F)c(Cl)cc1[N+](=O)[O-]. The first-order valence-electron chi connectivity index (χ1n) is 5.09. The van der Waals surface area contributed by atoms with Gasteiger partial charge in [0, 0.05) is 24.7 Å². The molecule has 0 spiro atoms. The topological polar surface area (TPSA) is 81.2 Å². The van der Waals surface area contributed by atoms with E-state index in [4.69, 9.17) is 17.3 Å². The third kappa shape index (κ3) is 3.28. The van der Waals surface area contributed by atoms with E-state index >= 15 is 0 Å². The second kappa shape index (κ2) is 5.79. The van der Waals surface area contributed by atoms with Gasteiger partial charge in [-0.2, -0.15) is 0 Å². The molecule has 0 amide bonds. The van der Waals surface area contributed by atoms with Gasteiger partial charge in [0.2, 0.25) is 0 Å². The van der Waals surface area contributed by atoms with Gasteiger partial charge in [0.1, 0.15) is 11.5 Å². The Kier molecular flexibility index (Phi) is 4.65. The van der Waals surface area contributed by atoms with Crippen LogP contribution in [0.25, 0.3) is 0 Å². The number of hydrogen-bond donors (Lipinski definition) is 2. The summed E-state index contributed by atoms with van der Waals surface area (Å²) in [7, 11) is 0. The van der Waals surface area contributed by atoms with Crippen molar-refractivity contribution in [2.75, 3.05) is 11.9 Å². The molecule has 0 fully saturated rings. The molecule has 0 saturated carbocycles. The van der Waals surface area contributed by atoms with Crippen molar-refractivity contribution in [2.24, 2.45) is 5.73 Å². The Bertz CT molecular complexity index is 424. The van der Waals surface area contributed by atoms with E-state index in [1.807, 2.05) is 6.92 Å². The lowest BCUT2D eigenvalue weighted by atomic mass is 10.2. The molecule has 1 aromatic rings. The van der Waals surface area contributed by atoms with Crippen molar-refractivity contribution in [1.29, 1.82) is 0 Å². The molecule has 1 rings (SSSR count). The zero-order valence-electron chi connectivity index (χ0n) is 9.24. The van der Waals surface area contributed by atoms with Gasteiger partial charge in [-0.15, -0.1) is 0 Å². The average molecular weight is 262 g/mol. The molecule has 0 radical (unpaired) electrons. The molecule has 1 atom stereocenters. The maximum atomic E-state index is 13.3. The highest BCUT2D eigenvalue weighted by molar-refractivity contribution is 6.31. The fourth-order valence-electron chi connectivity index (χ4n) is 1.35. The van der Waals surface area contributed by atoms with Crippen LogP contribution in [0, 0.1) is 15.9 Å². The molecule has 0 aliphatic rings. The summed E-state index contributed by atoms with van der Waals surface area (Å²) < 4.78 is 13.3. The quantitative estimate of drug-likeness (QED) is 0.630. The van der Waals surface area contributed by atoms with E-state index in [9.17, 15) is 14.5 Å². The van der Waals surface area contributed by atoms with Crippen molar-refractivity contribution in [2.45, 2.75) is 19.4 Å². The number of hydrogen-bond acceptors (Lipinski definition) is 4. The molecule has 0 aliphatic heterocycles. The highest BCUT2D eigenvalue weighted by Crippen LogP contribution is 2.30. The molecule has 0 aromatic heterocycles. The largest absolute Gasteiger partial charge is 0.375 e. The van der Waals surface area contributed by atoms with Crippen LogP contribution < -0.4 is 11.1 Å². The van der Waals surface area contributed by atoms with E-state index in [2.05, 4.69) is 5.32 Å². The minimum atomic E-state index is -0.702. The van der Waals surface area contributed by atoms with Crippen LogP contribution in [0.1, 0.15) is 13.3 Å². The summed E-state index contributed by atoms with van der Waals surface area (Å²) in [5.74, 6) is -0.702. The zero-order valence-corrected chi connectivity index (χ0v) is 10.00. The van der Waals surface area contributed by atoms with Crippen molar-refractivity contribution in [3.63, 3.8) is 0 Å². The Morgan fingerprint density at radius 2 is 2.29 bits per heavy atom. The summed E-state index contributed by atoms with van der Waals surface area (Å²) in [6, 6.07) is 1.86. The lowest BCUT2D eigenvalue weighted by Gasteiger charge is -2.16. The van der Waals surface area contributed by atoms with Gasteiger partial charge in [-0.05, 0) is 6.42 Å². The summed E-state index contributed by atoms with van der Waals surface area (Å²) in [4.78, 5) is 10.2. The molecule has 7 heteroatoms. The standard InChI is InChI=1S/C10H13ClFN3O2/c1-2-6(5-13)14-9-4-8(12)7(11)3-10(9)15(16)17/h3-4,6,14H,2,5,13H2,1H3. The van der Waals surface area contributed by atoms with Crippen LogP contribution in [0.3, 0.4) is 0 Å². The van der Waals surface area contributed by atoms with Gasteiger partial charge in [-0.3, -0.25) is 10.1 Å². The van der Waals surface area contributed by atoms with Gasteiger partial charge < -0.3 is 11.1 Å². The first-order valence-corrected chi connectivity index (χ1v) is 5.47. The number of benzene rings is 1. The van der Waals surface area contributed by atoms with Crippen LogP contribution in [-0.2, 0) is 0 Å². The molecular weight excluding hydrogens is 249 g/mol. The first kappa shape index (κ1) is 13.7. The van der Waals surface area contributed by atoms with Gasteiger partial charge in [-0.1, -0.05) is 18.5 Å². The van der Waals surface area contributed by atoms with Crippen molar-refractivity contribution < 1.29 is 9.31 Å². The third-order valence-corrected chi connectivity index (χ3v) is 2.66. The maximum Gasteiger partial charge on any atom is 0.294 e. The predicted molar refractivity (Wildman–Crippen MR) is 64.8 cm³/mol.